The number of aryl methyl sites for hydroxylation is 1. The van der Waals surface area contributed by atoms with Crippen molar-refractivity contribution in [2.45, 2.75) is 26.3 Å². The van der Waals surface area contributed by atoms with Crippen molar-refractivity contribution in [3.05, 3.63) is 28.6 Å². The Balaban J connectivity index is 3.29. The van der Waals surface area contributed by atoms with Crippen LogP contribution in [0.2, 0.25) is 0 Å². The number of aliphatic carboxylic acids is 1. The lowest BCUT2D eigenvalue weighted by Crippen LogP contribution is -2.12. The van der Waals surface area contributed by atoms with Crippen molar-refractivity contribution >= 4 is 5.97 Å². The van der Waals surface area contributed by atoms with Gasteiger partial charge in [0.25, 0.3) is 6.43 Å². The van der Waals surface area contributed by atoms with E-state index in [1.54, 1.807) is 0 Å². The summed E-state index contributed by atoms with van der Waals surface area (Å²) in [6.07, 6.45) is -3.07. The first kappa shape index (κ1) is 12.5. The number of nitrogens with two attached hydrogens (primary N) is 1. The van der Waals surface area contributed by atoms with Crippen LogP contribution in [-0.2, 0) is 17.8 Å². The number of hydrogen-bond acceptors (Lipinski definition) is 3. The first-order valence-electron chi connectivity index (χ1n) is 4.65. The highest BCUT2D eigenvalue weighted by atomic mass is 19.3. The van der Waals surface area contributed by atoms with E-state index in [0.29, 0.717) is 11.3 Å². The van der Waals surface area contributed by atoms with E-state index in [4.69, 9.17) is 10.8 Å². The number of aromatic nitrogens is 1. The first-order chi connectivity index (χ1) is 7.45. The molecule has 0 saturated carbocycles. The molecule has 1 aromatic heterocycles. The molecule has 1 aromatic rings. The van der Waals surface area contributed by atoms with E-state index < -0.39 is 18.1 Å². The number of carboxylic acids is 1. The van der Waals surface area contributed by atoms with E-state index in [2.05, 4.69) is 4.98 Å². The van der Waals surface area contributed by atoms with Gasteiger partial charge in [-0.3, -0.25) is 9.78 Å². The maximum atomic E-state index is 12.6. The number of carbonyl (C=O) groups is 1. The summed E-state index contributed by atoms with van der Waals surface area (Å²) in [5.41, 5.74) is 5.73. The highest BCUT2D eigenvalue weighted by Crippen LogP contribution is 2.24. The van der Waals surface area contributed by atoms with Crippen LogP contribution in [0.4, 0.5) is 8.78 Å². The number of alkyl halides is 2. The maximum Gasteiger partial charge on any atom is 0.307 e. The van der Waals surface area contributed by atoms with Crippen LogP contribution in [0.25, 0.3) is 0 Å². The van der Waals surface area contributed by atoms with Crippen molar-refractivity contribution in [2.24, 2.45) is 5.73 Å². The number of halogens is 2. The SMILES string of the molecule is Cc1cc(CC(=O)O)c(CN)c(C(F)F)n1. The number of rotatable bonds is 4. The Bertz CT molecular complexity index is 408. The molecule has 6 heteroatoms. The Hall–Kier alpha value is -1.56. The van der Waals surface area contributed by atoms with Gasteiger partial charge < -0.3 is 10.8 Å². The molecular weight excluding hydrogens is 218 g/mol. The van der Waals surface area contributed by atoms with Gasteiger partial charge in [-0.15, -0.1) is 0 Å². The lowest BCUT2D eigenvalue weighted by Gasteiger charge is -2.12. The molecule has 16 heavy (non-hydrogen) atoms. The van der Waals surface area contributed by atoms with Crippen LogP contribution < -0.4 is 5.73 Å². The van der Waals surface area contributed by atoms with Gasteiger partial charge in [-0.25, -0.2) is 8.78 Å². The van der Waals surface area contributed by atoms with Crippen LogP contribution in [0.3, 0.4) is 0 Å². The molecule has 0 fully saturated rings. The zero-order chi connectivity index (χ0) is 12.3. The molecular formula is C10H12F2N2O2. The zero-order valence-corrected chi connectivity index (χ0v) is 8.70. The fraction of sp³-hybridized carbons (Fsp3) is 0.400. The average Bonchev–Trinajstić information content (AvgIpc) is 2.15. The van der Waals surface area contributed by atoms with E-state index in [1.807, 2.05) is 0 Å². The van der Waals surface area contributed by atoms with Crippen LogP contribution >= 0.6 is 0 Å². The summed E-state index contributed by atoms with van der Waals surface area (Å²) in [6.45, 7) is 1.40. The number of pyridine rings is 1. The predicted molar refractivity (Wildman–Crippen MR) is 53.2 cm³/mol. The van der Waals surface area contributed by atoms with Crippen LogP contribution in [0.5, 0.6) is 0 Å². The summed E-state index contributed by atoms with van der Waals surface area (Å²) in [5, 5.41) is 8.66. The molecule has 0 bridgehead atoms. The monoisotopic (exact) mass is 230 g/mol. The normalized spacial score (nSPS) is 10.8. The predicted octanol–water partition coefficient (Wildman–Crippen LogP) is 1.41. The van der Waals surface area contributed by atoms with E-state index >= 15 is 0 Å². The fourth-order valence-corrected chi connectivity index (χ4v) is 1.53. The lowest BCUT2D eigenvalue weighted by molar-refractivity contribution is -0.136. The van der Waals surface area contributed by atoms with E-state index in [0.717, 1.165) is 0 Å². The van der Waals surface area contributed by atoms with Crippen molar-refractivity contribution in [2.75, 3.05) is 0 Å². The van der Waals surface area contributed by atoms with Crippen molar-refractivity contribution in [1.29, 1.82) is 0 Å². The minimum atomic E-state index is -2.74. The Kier molecular flexibility index (Phi) is 3.89. The fourth-order valence-electron chi connectivity index (χ4n) is 1.53. The molecule has 1 rings (SSSR count). The van der Waals surface area contributed by atoms with Crippen molar-refractivity contribution in [3.8, 4) is 0 Å². The minimum absolute atomic E-state index is 0.128. The third-order valence-corrected chi connectivity index (χ3v) is 2.13. The standard InChI is InChI=1S/C10H12F2N2O2/c1-5-2-6(3-8(15)16)7(4-13)9(14-5)10(11)12/h2,10H,3-4,13H2,1H3,(H,15,16). The molecule has 0 aliphatic heterocycles. The molecule has 1 heterocycles. The molecule has 0 aliphatic carbocycles. The zero-order valence-electron chi connectivity index (χ0n) is 8.70. The van der Waals surface area contributed by atoms with Gasteiger partial charge in [0.1, 0.15) is 5.69 Å². The number of carboxylic acid groups (broad SMARTS) is 1. The molecule has 0 spiro atoms. The van der Waals surface area contributed by atoms with Gasteiger partial charge in [0.15, 0.2) is 0 Å². The van der Waals surface area contributed by atoms with Crippen LogP contribution in [0.1, 0.15) is 28.9 Å². The minimum Gasteiger partial charge on any atom is -0.481 e. The van der Waals surface area contributed by atoms with Gasteiger partial charge in [0.2, 0.25) is 0 Å². The Morgan fingerprint density at radius 1 is 1.62 bits per heavy atom. The second-order valence-corrected chi connectivity index (χ2v) is 3.36. The largest absolute Gasteiger partial charge is 0.481 e. The molecule has 4 nitrogen and oxygen atoms in total. The number of nitrogens with zero attached hydrogens (tertiary/aromatic N) is 1. The topological polar surface area (TPSA) is 76.2 Å². The summed E-state index contributed by atoms with van der Waals surface area (Å²) < 4.78 is 25.3. The maximum absolute atomic E-state index is 12.6. The third-order valence-electron chi connectivity index (χ3n) is 2.13. The number of hydrogen-bond donors (Lipinski definition) is 2. The average molecular weight is 230 g/mol. The van der Waals surface area contributed by atoms with Crippen molar-refractivity contribution in [3.63, 3.8) is 0 Å². The molecule has 0 saturated heterocycles. The van der Waals surface area contributed by atoms with Gasteiger partial charge in [0.05, 0.1) is 6.42 Å². The molecule has 88 valence electrons. The highest BCUT2D eigenvalue weighted by Gasteiger charge is 2.19. The second kappa shape index (κ2) is 4.98. The van der Waals surface area contributed by atoms with Gasteiger partial charge in [-0.05, 0) is 24.1 Å². The lowest BCUT2D eigenvalue weighted by atomic mass is 10.0. The summed E-state index contributed by atoms with van der Waals surface area (Å²) in [7, 11) is 0. The summed E-state index contributed by atoms with van der Waals surface area (Å²) in [5.74, 6) is -1.08. The molecule has 0 unspecified atom stereocenters. The Labute approximate surface area is 91.1 Å². The Morgan fingerprint density at radius 2 is 2.25 bits per heavy atom. The molecule has 0 radical (unpaired) electrons. The van der Waals surface area contributed by atoms with Gasteiger partial charge >= 0.3 is 5.97 Å². The highest BCUT2D eigenvalue weighted by molar-refractivity contribution is 5.71. The van der Waals surface area contributed by atoms with Crippen LogP contribution in [0, 0.1) is 6.92 Å². The summed E-state index contributed by atoms with van der Waals surface area (Å²) in [6, 6.07) is 1.47. The third kappa shape index (κ3) is 2.73. The van der Waals surface area contributed by atoms with Gasteiger partial charge in [-0.1, -0.05) is 0 Å². The molecule has 0 aliphatic rings. The summed E-state index contributed by atoms with van der Waals surface area (Å²) >= 11 is 0. The molecule has 3 N–H and O–H groups in total. The molecule has 0 atom stereocenters. The Morgan fingerprint density at radius 3 is 2.69 bits per heavy atom. The van der Waals surface area contributed by atoms with Crippen molar-refractivity contribution < 1.29 is 18.7 Å². The van der Waals surface area contributed by atoms with E-state index in [1.165, 1.54) is 13.0 Å². The van der Waals surface area contributed by atoms with Crippen LogP contribution in [-0.4, -0.2) is 16.1 Å². The van der Waals surface area contributed by atoms with Gasteiger partial charge in [0, 0.05) is 12.2 Å². The smallest absolute Gasteiger partial charge is 0.307 e. The summed E-state index contributed by atoms with van der Waals surface area (Å²) in [4.78, 5) is 14.3. The quantitative estimate of drug-likeness (QED) is 0.820. The first-order valence-corrected chi connectivity index (χ1v) is 4.65. The molecule has 0 aromatic carbocycles. The molecule has 0 amide bonds. The van der Waals surface area contributed by atoms with Gasteiger partial charge in [-0.2, -0.15) is 0 Å². The van der Waals surface area contributed by atoms with E-state index in [-0.39, 0.29) is 18.5 Å². The second-order valence-electron chi connectivity index (χ2n) is 3.36. The van der Waals surface area contributed by atoms with Crippen LogP contribution in [0.15, 0.2) is 6.07 Å². The van der Waals surface area contributed by atoms with Crippen molar-refractivity contribution in [1.82, 2.24) is 4.98 Å². The van der Waals surface area contributed by atoms with E-state index in [9.17, 15) is 13.6 Å².